The van der Waals surface area contributed by atoms with Crippen molar-refractivity contribution in [1.82, 2.24) is 10.6 Å². The minimum atomic E-state index is 0. The van der Waals surface area contributed by atoms with Gasteiger partial charge in [-0.25, -0.2) is 0 Å². The average molecular weight is 295 g/mol. The highest BCUT2D eigenvalue weighted by atomic mass is 35.5. The number of rotatable bonds is 2. The number of carbonyl (C=O) groups is 1. The van der Waals surface area contributed by atoms with Crippen LogP contribution in [-0.2, 0) is 0 Å². The van der Waals surface area contributed by atoms with Crippen LogP contribution in [0.4, 0.5) is 0 Å². The molecule has 2 atom stereocenters. The van der Waals surface area contributed by atoms with Crippen molar-refractivity contribution in [2.24, 2.45) is 0 Å². The third-order valence-corrected chi connectivity index (χ3v) is 4.45. The molecule has 20 heavy (non-hydrogen) atoms. The van der Waals surface area contributed by atoms with Crippen LogP contribution in [0.5, 0.6) is 0 Å². The van der Waals surface area contributed by atoms with Crippen LogP contribution in [0.2, 0.25) is 0 Å². The maximum absolute atomic E-state index is 12.4. The fourth-order valence-electron chi connectivity index (χ4n) is 3.42. The molecule has 1 aromatic carbocycles. The zero-order chi connectivity index (χ0) is 13.4. The molecule has 1 aromatic rings. The van der Waals surface area contributed by atoms with Crippen LogP contribution < -0.4 is 10.6 Å². The van der Waals surface area contributed by atoms with Crippen LogP contribution in [0, 0.1) is 13.8 Å². The van der Waals surface area contributed by atoms with E-state index in [9.17, 15) is 4.79 Å². The van der Waals surface area contributed by atoms with Gasteiger partial charge >= 0.3 is 0 Å². The molecular formula is C16H23ClN2O. The van der Waals surface area contributed by atoms with Crippen molar-refractivity contribution in [3.05, 3.63) is 34.9 Å². The first-order valence-electron chi connectivity index (χ1n) is 7.26. The molecule has 3 nitrogen and oxygen atoms in total. The summed E-state index contributed by atoms with van der Waals surface area (Å²) in [7, 11) is 0. The quantitative estimate of drug-likeness (QED) is 0.880. The number of hydrogen-bond donors (Lipinski definition) is 2. The van der Waals surface area contributed by atoms with E-state index in [4.69, 9.17) is 0 Å². The SMILES string of the molecule is Cc1ccc(C)c(C(=O)NC2CC3CCC(C2)N3)c1.Cl. The lowest BCUT2D eigenvalue weighted by atomic mass is 9.98. The average Bonchev–Trinajstić information content (AvgIpc) is 2.71. The Kier molecular flexibility index (Phi) is 4.71. The van der Waals surface area contributed by atoms with E-state index in [1.165, 1.54) is 12.8 Å². The monoisotopic (exact) mass is 294 g/mol. The van der Waals surface area contributed by atoms with E-state index < -0.39 is 0 Å². The number of halogens is 1. The van der Waals surface area contributed by atoms with E-state index in [0.29, 0.717) is 18.1 Å². The van der Waals surface area contributed by atoms with Gasteiger partial charge in [-0.2, -0.15) is 0 Å². The van der Waals surface area contributed by atoms with Crippen molar-refractivity contribution in [2.45, 2.75) is 57.7 Å². The lowest BCUT2D eigenvalue weighted by molar-refractivity contribution is 0.0923. The molecule has 4 heteroatoms. The number of carbonyl (C=O) groups excluding carboxylic acids is 1. The fraction of sp³-hybridized carbons (Fsp3) is 0.562. The molecule has 2 aliphatic heterocycles. The van der Waals surface area contributed by atoms with Gasteiger partial charge in [0.25, 0.3) is 5.91 Å². The Hall–Kier alpha value is -1.06. The summed E-state index contributed by atoms with van der Waals surface area (Å²) < 4.78 is 0. The number of aryl methyl sites for hydroxylation is 2. The van der Waals surface area contributed by atoms with Gasteiger partial charge in [-0.15, -0.1) is 12.4 Å². The Morgan fingerprint density at radius 2 is 1.85 bits per heavy atom. The van der Waals surface area contributed by atoms with Crippen molar-refractivity contribution in [1.29, 1.82) is 0 Å². The zero-order valence-corrected chi connectivity index (χ0v) is 12.9. The van der Waals surface area contributed by atoms with Crippen molar-refractivity contribution in [3.8, 4) is 0 Å². The standard InChI is InChI=1S/C16H22N2O.ClH/c1-10-3-4-11(2)15(7-10)16(19)18-14-8-12-5-6-13(9-14)17-12;/h3-4,7,12-14,17H,5-6,8-9H2,1-2H3,(H,18,19);1H. The first-order chi connectivity index (χ1) is 9.11. The highest BCUT2D eigenvalue weighted by Gasteiger charge is 2.34. The number of amides is 1. The summed E-state index contributed by atoms with van der Waals surface area (Å²) in [4.78, 5) is 12.4. The van der Waals surface area contributed by atoms with Gasteiger partial charge in [-0.1, -0.05) is 17.7 Å². The minimum Gasteiger partial charge on any atom is -0.349 e. The molecule has 0 aliphatic carbocycles. The Bertz CT molecular complexity index is 491. The molecule has 2 heterocycles. The first kappa shape index (κ1) is 15.3. The van der Waals surface area contributed by atoms with Crippen LogP contribution in [0.25, 0.3) is 0 Å². The smallest absolute Gasteiger partial charge is 0.251 e. The Morgan fingerprint density at radius 1 is 1.20 bits per heavy atom. The Morgan fingerprint density at radius 3 is 2.50 bits per heavy atom. The van der Waals surface area contributed by atoms with Gasteiger partial charge in [0, 0.05) is 23.7 Å². The molecule has 1 amide bonds. The third kappa shape index (κ3) is 3.15. The van der Waals surface area contributed by atoms with Crippen molar-refractivity contribution >= 4 is 18.3 Å². The summed E-state index contributed by atoms with van der Waals surface area (Å²) in [6.45, 7) is 4.03. The van der Waals surface area contributed by atoms with Crippen molar-refractivity contribution in [2.75, 3.05) is 0 Å². The van der Waals surface area contributed by atoms with E-state index in [1.54, 1.807) is 0 Å². The number of benzene rings is 1. The fourth-order valence-corrected chi connectivity index (χ4v) is 3.42. The number of fused-ring (bicyclic) bond motifs is 2. The summed E-state index contributed by atoms with van der Waals surface area (Å²) in [5.41, 5.74) is 3.02. The molecular weight excluding hydrogens is 272 g/mol. The molecule has 0 saturated carbocycles. The summed E-state index contributed by atoms with van der Waals surface area (Å²) in [6, 6.07) is 7.63. The molecule has 2 saturated heterocycles. The number of piperidine rings is 1. The predicted molar refractivity (Wildman–Crippen MR) is 83.6 cm³/mol. The summed E-state index contributed by atoms with van der Waals surface area (Å²) in [6.07, 6.45) is 4.68. The molecule has 3 rings (SSSR count). The van der Waals surface area contributed by atoms with Gasteiger partial charge in [0.2, 0.25) is 0 Å². The molecule has 0 radical (unpaired) electrons. The number of nitrogens with one attached hydrogen (secondary N) is 2. The van der Waals surface area contributed by atoms with Crippen LogP contribution in [0.15, 0.2) is 18.2 Å². The molecule has 2 fully saturated rings. The predicted octanol–water partition coefficient (Wildman–Crippen LogP) is 2.74. The first-order valence-corrected chi connectivity index (χ1v) is 7.26. The van der Waals surface area contributed by atoms with E-state index in [-0.39, 0.29) is 18.3 Å². The molecule has 2 bridgehead atoms. The summed E-state index contributed by atoms with van der Waals surface area (Å²) >= 11 is 0. The molecule has 2 aliphatic rings. The second kappa shape index (κ2) is 6.15. The highest BCUT2D eigenvalue weighted by molar-refractivity contribution is 5.96. The lowest BCUT2D eigenvalue weighted by Crippen LogP contribution is -2.48. The molecule has 2 N–H and O–H groups in total. The second-order valence-electron chi connectivity index (χ2n) is 6.10. The van der Waals surface area contributed by atoms with Gasteiger partial charge in [-0.05, 0) is 51.2 Å². The molecule has 0 aromatic heterocycles. The van der Waals surface area contributed by atoms with E-state index in [1.807, 2.05) is 26.0 Å². The minimum absolute atomic E-state index is 0. The van der Waals surface area contributed by atoms with Crippen LogP contribution in [0.1, 0.15) is 47.2 Å². The normalized spacial score (nSPS) is 27.8. The van der Waals surface area contributed by atoms with Gasteiger partial charge in [-0.3, -0.25) is 4.79 Å². The topological polar surface area (TPSA) is 41.1 Å². The zero-order valence-electron chi connectivity index (χ0n) is 12.1. The maximum Gasteiger partial charge on any atom is 0.251 e. The highest BCUT2D eigenvalue weighted by Crippen LogP contribution is 2.27. The Balaban J connectivity index is 0.00000147. The molecule has 2 unspecified atom stereocenters. The van der Waals surface area contributed by atoms with E-state index >= 15 is 0 Å². The van der Waals surface area contributed by atoms with Gasteiger partial charge in [0.1, 0.15) is 0 Å². The lowest BCUT2D eigenvalue weighted by Gasteiger charge is -2.29. The van der Waals surface area contributed by atoms with Gasteiger partial charge < -0.3 is 10.6 Å². The maximum atomic E-state index is 12.4. The van der Waals surface area contributed by atoms with Crippen LogP contribution in [0.3, 0.4) is 0 Å². The second-order valence-corrected chi connectivity index (χ2v) is 6.10. The summed E-state index contributed by atoms with van der Waals surface area (Å²) in [5.74, 6) is 0.0903. The van der Waals surface area contributed by atoms with E-state index in [2.05, 4.69) is 16.7 Å². The molecule has 110 valence electrons. The van der Waals surface area contributed by atoms with Crippen molar-refractivity contribution in [3.63, 3.8) is 0 Å². The van der Waals surface area contributed by atoms with E-state index in [0.717, 1.165) is 29.5 Å². The van der Waals surface area contributed by atoms with Gasteiger partial charge in [0.05, 0.1) is 0 Å². The van der Waals surface area contributed by atoms with Crippen LogP contribution >= 0.6 is 12.4 Å². The number of hydrogen-bond acceptors (Lipinski definition) is 2. The summed E-state index contributed by atoms with van der Waals surface area (Å²) in [5, 5.41) is 6.83. The third-order valence-electron chi connectivity index (χ3n) is 4.45. The molecule has 0 spiro atoms. The van der Waals surface area contributed by atoms with Gasteiger partial charge in [0.15, 0.2) is 0 Å². The van der Waals surface area contributed by atoms with Crippen LogP contribution in [-0.4, -0.2) is 24.0 Å². The van der Waals surface area contributed by atoms with Crippen molar-refractivity contribution < 1.29 is 4.79 Å². The Labute approximate surface area is 126 Å². The largest absolute Gasteiger partial charge is 0.349 e.